The molecule has 6 heteroatoms. The van der Waals surface area contributed by atoms with Gasteiger partial charge in [-0.05, 0) is 6.07 Å². The molecule has 0 aliphatic carbocycles. The highest BCUT2D eigenvalue weighted by atomic mass is 16.5. The minimum Gasteiger partial charge on any atom is -0.496 e. The zero-order chi connectivity index (χ0) is 13.3. The number of benzene rings is 1. The lowest BCUT2D eigenvalue weighted by Gasteiger charge is -2.23. The summed E-state index contributed by atoms with van der Waals surface area (Å²) in [4.78, 5) is 26.0. The summed E-state index contributed by atoms with van der Waals surface area (Å²) in [6, 6.07) is 6.67. The molecule has 0 saturated carbocycles. The van der Waals surface area contributed by atoms with Crippen LogP contribution >= 0.6 is 0 Å². The summed E-state index contributed by atoms with van der Waals surface area (Å²) in [6.07, 6.45) is -0.828. The molecule has 1 unspecified atom stereocenters. The first-order valence-electron chi connectivity index (χ1n) is 5.52. The molecular formula is C12H15N3O3. The number of imide groups is 1. The summed E-state index contributed by atoms with van der Waals surface area (Å²) in [6.45, 7) is 0.0572. The van der Waals surface area contributed by atoms with Crippen molar-refractivity contribution >= 4 is 11.9 Å². The summed E-state index contributed by atoms with van der Waals surface area (Å²) in [5.41, 5.74) is 6.61. The van der Waals surface area contributed by atoms with Crippen molar-refractivity contribution in [3.05, 3.63) is 29.8 Å². The molecule has 2 N–H and O–H groups in total. The molecule has 6 nitrogen and oxygen atoms in total. The highest BCUT2D eigenvalue weighted by Crippen LogP contribution is 2.28. The van der Waals surface area contributed by atoms with Crippen molar-refractivity contribution in [3.63, 3.8) is 0 Å². The minimum absolute atomic E-state index is 0.0572. The van der Waals surface area contributed by atoms with Gasteiger partial charge in [0.1, 0.15) is 18.5 Å². The Bertz CT molecular complexity index is 489. The van der Waals surface area contributed by atoms with Gasteiger partial charge in [0.15, 0.2) is 0 Å². The minimum atomic E-state index is -0.828. The number of hydrogen-bond acceptors (Lipinski definition) is 4. The molecule has 2 rings (SSSR count). The van der Waals surface area contributed by atoms with Crippen molar-refractivity contribution in [2.45, 2.75) is 6.17 Å². The second kappa shape index (κ2) is 4.66. The largest absolute Gasteiger partial charge is 0.496 e. The number of likely N-dealkylation sites (N-methyl/N-ethyl adjacent to an activating group) is 1. The third-order valence-corrected chi connectivity index (χ3v) is 2.91. The van der Waals surface area contributed by atoms with Gasteiger partial charge < -0.3 is 15.4 Å². The lowest BCUT2D eigenvalue weighted by molar-refractivity contribution is -0.126. The molecule has 0 bridgehead atoms. The Kier molecular flexibility index (Phi) is 3.20. The van der Waals surface area contributed by atoms with Gasteiger partial charge in [0.25, 0.3) is 5.91 Å². The maximum absolute atomic E-state index is 11.8. The zero-order valence-electron chi connectivity index (χ0n) is 10.3. The summed E-state index contributed by atoms with van der Waals surface area (Å²) < 4.78 is 5.18. The number of ether oxygens (including phenoxy) is 1. The quantitative estimate of drug-likeness (QED) is 0.793. The van der Waals surface area contributed by atoms with Crippen molar-refractivity contribution in [2.75, 3.05) is 20.7 Å². The van der Waals surface area contributed by atoms with E-state index in [2.05, 4.69) is 0 Å². The monoisotopic (exact) mass is 249 g/mol. The van der Waals surface area contributed by atoms with Crippen LogP contribution in [-0.2, 0) is 4.79 Å². The first-order chi connectivity index (χ1) is 8.56. The predicted molar refractivity (Wildman–Crippen MR) is 64.8 cm³/mol. The number of para-hydroxylation sites is 1. The Labute approximate surface area is 105 Å². The SMILES string of the molecule is COc1ccccc1C(N)N1C(=O)CN(C)C1=O. The van der Waals surface area contributed by atoms with Gasteiger partial charge in [0.05, 0.1) is 7.11 Å². The van der Waals surface area contributed by atoms with Gasteiger partial charge in [0.2, 0.25) is 0 Å². The average molecular weight is 249 g/mol. The number of carbonyl (C=O) groups excluding carboxylic acids is 2. The molecule has 1 aliphatic heterocycles. The second-order valence-corrected chi connectivity index (χ2v) is 4.09. The van der Waals surface area contributed by atoms with Crippen LogP contribution in [0.5, 0.6) is 5.75 Å². The van der Waals surface area contributed by atoms with Crippen molar-refractivity contribution < 1.29 is 14.3 Å². The Hall–Kier alpha value is -2.08. The van der Waals surface area contributed by atoms with Gasteiger partial charge in [-0.15, -0.1) is 0 Å². The summed E-state index contributed by atoms with van der Waals surface area (Å²) in [7, 11) is 3.08. The number of nitrogens with two attached hydrogens (primary N) is 1. The Morgan fingerprint density at radius 2 is 2.00 bits per heavy atom. The Balaban J connectivity index is 2.34. The van der Waals surface area contributed by atoms with Gasteiger partial charge >= 0.3 is 6.03 Å². The van der Waals surface area contributed by atoms with Crippen molar-refractivity contribution in [1.29, 1.82) is 0 Å². The molecular weight excluding hydrogens is 234 g/mol. The third-order valence-electron chi connectivity index (χ3n) is 2.91. The van der Waals surface area contributed by atoms with E-state index in [4.69, 9.17) is 10.5 Å². The highest BCUT2D eigenvalue weighted by molar-refractivity contribution is 6.02. The summed E-state index contributed by atoms with van der Waals surface area (Å²) in [5, 5.41) is 0. The fraction of sp³-hybridized carbons (Fsp3) is 0.333. The van der Waals surface area contributed by atoms with E-state index in [0.717, 1.165) is 4.90 Å². The van der Waals surface area contributed by atoms with Gasteiger partial charge in [0, 0.05) is 12.6 Å². The van der Waals surface area contributed by atoms with E-state index >= 15 is 0 Å². The summed E-state index contributed by atoms with van der Waals surface area (Å²) in [5.74, 6) is 0.251. The zero-order valence-corrected chi connectivity index (χ0v) is 10.3. The molecule has 1 heterocycles. The normalized spacial score (nSPS) is 17.3. The smallest absolute Gasteiger partial charge is 0.328 e. The number of methoxy groups -OCH3 is 1. The molecule has 1 aromatic rings. The first-order valence-corrected chi connectivity index (χ1v) is 5.52. The van der Waals surface area contributed by atoms with Crippen LogP contribution in [0.25, 0.3) is 0 Å². The molecule has 0 spiro atoms. The number of hydrogen-bond donors (Lipinski definition) is 1. The molecule has 1 fully saturated rings. The first kappa shape index (κ1) is 12.4. The van der Waals surface area contributed by atoms with E-state index in [-0.39, 0.29) is 12.5 Å². The van der Waals surface area contributed by atoms with Crippen LogP contribution < -0.4 is 10.5 Å². The fourth-order valence-corrected chi connectivity index (χ4v) is 1.96. The summed E-state index contributed by atoms with van der Waals surface area (Å²) >= 11 is 0. The van der Waals surface area contributed by atoms with Crippen molar-refractivity contribution in [1.82, 2.24) is 9.80 Å². The number of nitrogens with zero attached hydrogens (tertiary/aromatic N) is 2. The average Bonchev–Trinajstić information content (AvgIpc) is 2.62. The number of amides is 3. The third kappa shape index (κ3) is 1.91. The van der Waals surface area contributed by atoms with E-state index < -0.39 is 12.2 Å². The molecule has 1 atom stereocenters. The molecule has 0 aromatic heterocycles. The standard InChI is InChI=1S/C12H15N3O3/c1-14-7-10(16)15(12(14)17)11(13)8-5-3-4-6-9(8)18-2/h3-6,11H,7,13H2,1-2H3. The van der Waals surface area contributed by atoms with Crippen molar-refractivity contribution in [3.8, 4) is 5.75 Å². The number of rotatable bonds is 3. The van der Waals surface area contributed by atoms with Gasteiger partial charge in [-0.1, -0.05) is 18.2 Å². The van der Waals surface area contributed by atoms with E-state index in [1.165, 1.54) is 12.0 Å². The van der Waals surface area contributed by atoms with E-state index in [0.29, 0.717) is 11.3 Å². The van der Waals surface area contributed by atoms with Crippen LogP contribution in [0.15, 0.2) is 24.3 Å². The molecule has 0 radical (unpaired) electrons. The van der Waals surface area contributed by atoms with Gasteiger partial charge in [-0.2, -0.15) is 0 Å². The van der Waals surface area contributed by atoms with Crippen LogP contribution in [0.3, 0.4) is 0 Å². The second-order valence-electron chi connectivity index (χ2n) is 4.09. The maximum Gasteiger partial charge on any atom is 0.328 e. The highest BCUT2D eigenvalue weighted by Gasteiger charge is 2.38. The molecule has 18 heavy (non-hydrogen) atoms. The number of urea groups is 1. The van der Waals surface area contributed by atoms with Crippen LogP contribution in [0.1, 0.15) is 11.7 Å². The van der Waals surface area contributed by atoms with Gasteiger partial charge in [-0.3, -0.25) is 4.79 Å². The Morgan fingerprint density at radius 3 is 2.56 bits per heavy atom. The molecule has 96 valence electrons. The van der Waals surface area contributed by atoms with E-state index in [9.17, 15) is 9.59 Å². The maximum atomic E-state index is 11.8. The van der Waals surface area contributed by atoms with E-state index in [1.807, 2.05) is 0 Å². The molecule has 3 amide bonds. The molecule has 1 aromatic carbocycles. The topological polar surface area (TPSA) is 75.9 Å². The van der Waals surface area contributed by atoms with Crippen molar-refractivity contribution in [2.24, 2.45) is 5.73 Å². The Morgan fingerprint density at radius 1 is 1.33 bits per heavy atom. The van der Waals surface area contributed by atoms with Gasteiger partial charge in [-0.25, -0.2) is 9.69 Å². The van der Waals surface area contributed by atoms with Crippen LogP contribution in [0, 0.1) is 0 Å². The van der Waals surface area contributed by atoms with E-state index in [1.54, 1.807) is 31.3 Å². The predicted octanol–water partition coefficient (Wildman–Crippen LogP) is 0.547. The number of carbonyl (C=O) groups is 2. The molecule has 1 aliphatic rings. The lowest BCUT2D eigenvalue weighted by Crippen LogP contribution is -2.40. The fourth-order valence-electron chi connectivity index (χ4n) is 1.96. The van der Waals surface area contributed by atoms with Crippen LogP contribution in [0.4, 0.5) is 4.79 Å². The molecule has 1 saturated heterocycles. The lowest BCUT2D eigenvalue weighted by atomic mass is 10.1. The van der Waals surface area contributed by atoms with Crippen LogP contribution in [0.2, 0.25) is 0 Å². The van der Waals surface area contributed by atoms with Crippen LogP contribution in [-0.4, -0.2) is 42.4 Å².